The topological polar surface area (TPSA) is 29.0 Å². The van der Waals surface area contributed by atoms with Crippen molar-refractivity contribution in [3.05, 3.63) is 48.3 Å². The first-order valence-electron chi connectivity index (χ1n) is 7.01. The van der Waals surface area contributed by atoms with Gasteiger partial charge in [0, 0.05) is 24.5 Å². The lowest BCUT2D eigenvalue weighted by molar-refractivity contribution is 0.221. The highest BCUT2D eigenvalue weighted by Gasteiger charge is 2.13. The summed E-state index contributed by atoms with van der Waals surface area (Å²) in [5, 5.41) is 0. The Morgan fingerprint density at radius 2 is 1.63 bits per heavy atom. The third-order valence-electron chi connectivity index (χ3n) is 3.67. The zero-order chi connectivity index (χ0) is 12.9. The predicted octanol–water partition coefficient (Wildman–Crippen LogP) is 3.13. The summed E-state index contributed by atoms with van der Waals surface area (Å²) in [5.74, 6) is 0.829. The van der Waals surface area contributed by atoms with Gasteiger partial charge in [0.05, 0.1) is 0 Å². The monoisotopic (exact) mass is 253 g/mol. The van der Waals surface area contributed by atoms with Gasteiger partial charge in [0.15, 0.2) is 5.82 Å². The molecule has 3 rings (SSSR count). The minimum Gasteiger partial charge on any atom is -0.299 e. The molecule has 3 nitrogen and oxygen atoms in total. The van der Waals surface area contributed by atoms with Crippen molar-refractivity contribution < 1.29 is 0 Å². The van der Waals surface area contributed by atoms with Crippen LogP contribution in [-0.4, -0.2) is 28.0 Å². The molecule has 0 bridgehead atoms. The molecule has 1 saturated heterocycles. The summed E-state index contributed by atoms with van der Waals surface area (Å²) in [4.78, 5) is 11.3. The van der Waals surface area contributed by atoms with E-state index < -0.39 is 0 Å². The summed E-state index contributed by atoms with van der Waals surface area (Å²) in [6.07, 6.45) is 7.63. The van der Waals surface area contributed by atoms with Gasteiger partial charge in [-0.25, -0.2) is 9.97 Å². The smallest absolute Gasteiger partial charge is 0.159 e. The van der Waals surface area contributed by atoms with Gasteiger partial charge in [0.1, 0.15) is 0 Å². The molecule has 0 unspecified atom stereocenters. The molecule has 1 fully saturated rings. The maximum Gasteiger partial charge on any atom is 0.159 e. The van der Waals surface area contributed by atoms with E-state index in [0.29, 0.717) is 0 Å². The van der Waals surface area contributed by atoms with Crippen LogP contribution in [0.5, 0.6) is 0 Å². The fourth-order valence-electron chi connectivity index (χ4n) is 2.67. The number of likely N-dealkylation sites (tertiary alicyclic amines) is 1. The van der Waals surface area contributed by atoms with E-state index in [4.69, 9.17) is 0 Å². The van der Waals surface area contributed by atoms with Crippen LogP contribution in [0.3, 0.4) is 0 Å². The molecule has 0 spiro atoms. The first-order valence-corrected chi connectivity index (χ1v) is 7.01. The Labute approximate surface area is 114 Å². The van der Waals surface area contributed by atoms with E-state index in [0.717, 1.165) is 17.9 Å². The van der Waals surface area contributed by atoms with Crippen molar-refractivity contribution in [1.29, 1.82) is 0 Å². The Balaban J connectivity index is 1.85. The Kier molecular flexibility index (Phi) is 3.84. The molecule has 3 heteroatoms. The van der Waals surface area contributed by atoms with E-state index >= 15 is 0 Å². The first kappa shape index (κ1) is 12.3. The van der Waals surface area contributed by atoms with Crippen molar-refractivity contribution in [1.82, 2.24) is 14.9 Å². The second-order valence-corrected chi connectivity index (χ2v) is 5.07. The average molecular weight is 253 g/mol. The summed E-state index contributed by atoms with van der Waals surface area (Å²) in [5.41, 5.74) is 2.49. The number of hydrogen-bond donors (Lipinski definition) is 0. The van der Waals surface area contributed by atoms with Crippen molar-refractivity contribution in [2.75, 3.05) is 13.1 Å². The largest absolute Gasteiger partial charge is 0.299 e. The number of benzene rings is 1. The van der Waals surface area contributed by atoms with Crippen molar-refractivity contribution in [3.8, 4) is 11.4 Å². The fourth-order valence-corrected chi connectivity index (χ4v) is 2.67. The Morgan fingerprint density at radius 3 is 2.42 bits per heavy atom. The SMILES string of the molecule is c1cnc(-c2ccccc2CN2CCCCC2)nc1. The Hall–Kier alpha value is -1.74. The Bertz CT molecular complexity index is 519. The molecule has 19 heavy (non-hydrogen) atoms. The van der Waals surface area contributed by atoms with E-state index in [2.05, 4.69) is 39.1 Å². The lowest BCUT2D eigenvalue weighted by atomic mass is 10.0. The highest BCUT2D eigenvalue weighted by molar-refractivity contribution is 5.59. The van der Waals surface area contributed by atoms with Gasteiger partial charge in [0.25, 0.3) is 0 Å². The molecule has 0 saturated carbocycles. The van der Waals surface area contributed by atoms with Crippen LogP contribution in [0, 0.1) is 0 Å². The molecule has 1 aromatic heterocycles. The van der Waals surface area contributed by atoms with Crippen molar-refractivity contribution in [3.63, 3.8) is 0 Å². The maximum absolute atomic E-state index is 4.37. The van der Waals surface area contributed by atoms with Crippen LogP contribution in [0.1, 0.15) is 24.8 Å². The van der Waals surface area contributed by atoms with Gasteiger partial charge in [0.2, 0.25) is 0 Å². The molecule has 98 valence electrons. The zero-order valence-corrected chi connectivity index (χ0v) is 11.1. The summed E-state index contributed by atoms with van der Waals surface area (Å²) >= 11 is 0. The molecule has 0 N–H and O–H groups in total. The molecule has 1 aliphatic rings. The van der Waals surface area contributed by atoms with Crippen LogP contribution in [-0.2, 0) is 6.54 Å². The molecule has 2 aromatic rings. The third-order valence-corrected chi connectivity index (χ3v) is 3.67. The predicted molar refractivity (Wildman–Crippen MR) is 76.6 cm³/mol. The Morgan fingerprint density at radius 1 is 0.895 bits per heavy atom. The van der Waals surface area contributed by atoms with E-state index in [1.54, 1.807) is 12.4 Å². The van der Waals surface area contributed by atoms with Gasteiger partial charge >= 0.3 is 0 Å². The lowest BCUT2D eigenvalue weighted by Crippen LogP contribution is -2.29. The number of nitrogens with zero attached hydrogens (tertiary/aromatic N) is 3. The summed E-state index contributed by atoms with van der Waals surface area (Å²) in [6, 6.07) is 10.3. The molecule has 2 heterocycles. The van der Waals surface area contributed by atoms with E-state index in [9.17, 15) is 0 Å². The standard InChI is InChI=1S/C16H19N3/c1-4-11-19(12-5-1)13-14-7-2-3-8-15(14)16-17-9-6-10-18-16/h2-3,6-10H,1,4-5,11-13H2. The lowest BCUT2D eigenvalue weighted by Gasteiger charge is -2.27. The van der Waals surface area contributed by atoms with E-state index in [-0.39, 0.29) is 0 Å². The third kappa shape index (κ3) is 2.99. The van der Waals surface area contributed by atoms with Gasteiger partial charge in [-0.15, -0.1) is 0 Å². The van der Waals surface area contributed by atoms with Gasteiger partial charge in [-0.1, -0.05) is 30.7 Å². The molecule has 1 aromatic carbocycles. The molecule has 1 aliphatic heterocycles. The molecule has 0 radical (unpaired) electrons. The van der Waals surface area contributed by atoms with Crippen LogP contribution >= 0.6 is 0 Å². The molecular weight excluding hydrogens is 234 g/mol. The van der Waals surface area contributed by atoms with Gasteiger partial charge in [-0.2, -0.15) is 0 Å². The second-order valence-electron chi connectivity index (χ2n) is 5.07. The molecule has 0 aliphatic carbocycles. The highest BCUT2D eigenvalue weighted by Crippen LogP contribution is 2.22. The quantitative estimate of drug-likeness (QED) is 0.841. The van der Waals surface area contributed by atoms with Gasteiger partial charge in [-0.3, -0.25) is 4.90 Å². The number of piperidine rings is 1. The van der Waals surface area contributed by atoms with Crippen molar-refractivity contribution in [2.45, 2.75) is 25.8 Å². The summed E-state index contributed by atoms with van der Waals surface area (Å²) in [7, 11) is 0. The van der Waals surface area contributed by atoms with Crippen LogP contribution < -0.4 is 0 Å². The molecule has 0 amide bonds. The van der Waals surface area contributed by atoms with Gasteiger partial charge < -0.3 is 0 Å². The maximum atomic E-state index is 4.37. The summed E-state index contributed by atoms with van der Waals surface area (Å²) in [6.45, 7) is 3.43. The van der Waals surface area contributed by atoms with Crippen LogP contribution in [0.25, 0.3) is 11.4 Å². The van der Waals surface area contributed by atoms with Gasteiger partial charge in [-0.05, 0) is 37.6 Å². The van der Waals surface area contributed by atoms with Crippen molar-refractivity contribution in [2.24, 2.45) is 0 Å². The minimum atomic E-state index is 0.829. The number of rotatable bonds is 3. The highest BCUT2D eigenvalue weighted by atomic mass is 15.1. The molecular formula is C16H19N3. The minimum absolute atomic E-state index is 0.829. The van der Waals surface area contributed by atoms with Crippen LogP contribution in [0.15, 0.2) is 42.7 Å². The second kappa shape index (κ2) is 5.93. The normalized spacial score (nSPS) is 16.4. The van der Waals surface area contributed by atoms with E-state index in [1.165, 1.54) is 37.9 Å². The van der Waals surface area contributed by atoms with Crippen LogP contribution in [0.2, 0.25) is 0 Å². The number of hydrogen-bond acceptors (Lipinski definition) is 3. The number of aromatic nitrogens is 2. The fraction of sp³-hybridized carbons (Fsp3) is 0.375. The van der Waals surface area contributed by atoms with Crippen molar-refractivity contribution >= 4 is 0 Å². The van der Waals surface area contributed by atoms with E-state index in [1.807, 2.05) is 6.07 Å². The zero-order valence-electron chi connectivity index (χ0n) is 11.1. The summed E-state index contributed by atoms with van der Waals surface area (Å²) < 4.78 is 0. The van der Waals surface area contributed by atoms with Crippen LogP contribution in [0.4, 0.5) is 0 Å². The molecule has 0 atom stereocenters. The average Bonchev–Trinajstić information content (AvgIpc) is 2.50. The first-order chi connectivity index (χ1) is 9.43.